The minimum absolute atomic E-state index is 0.168. The van der Waals surface area contributed by atoms with Gasteiger partial charge in [0.2, 0.25) is 0 Å². The van der Waals surface area contributed by atoms with E-state index in [4.69, 9.17) is 14.5 Å². The Bertz CT molecular complexity index is 651. The molecule has 1 saturated carbocycles. The van der Waals surface area contributed by atoms with Gasteiger partial charge in [-0.3, -0.25) is 0 Å². The number of aromatic nitrogens is 3. The van der Waals surface area contributed by atoms with Crippen molar-refractivity contribution in [2.24, 2.45) is 0 Å². The van der Waals surface area contributed by atoms with Crippen LogP contribution < -0.4 is 4.74 Å². The SMILES string of the molecule is CSc1nc2nc(OC3CCOCC3)nc(C3CC3)c2s1. The van der Waals surface area contributed by atoms with Crippen LogP contribution in [0, 0.1) is 0 Å². The highest BCUT2D eigenvalue weighted by atomic mass is 32.2. The van der Waals surface area contributed by atoms with Crippen LogP contribution in [0.15, 0.2) is 4.34 Å². The van der Waals surface area contributed by atoms with Gasteiger partial charge >= 0.3 is 6.01 Å². The van der Waals surface area contributed by atoms with Crippen molar-refractivity contribution in [3.05, 3.63) is 5.69 Å². The summed E-state index contributed by atoms with van der Waals surface area (Å²) in [5, 5.41) is 0. The molecule has 0 unspecified atom stereocenters. The van der Waals surface area contributed by atoms with E-state index in [0.717, 1.165) is 46.4 Å². The molecular weight excluding hydrogens is 306 g/mol. The number of thioether (sulfide) groups is 1. The molecule has 2 aromatic rings. The summed E-state index contributed by atoms with van der Waals surface area (Å²) >= 11 is 3.36. The molecule has 1 aliphatic carbocycles. The van der Waals surface area contributed by atoms with Gasteiger partial charge < -0.3 is 9.47 Å². The van der Waals surface area contributed by atoms with Crippen LogP contribution in [-0.2, 0) is 4.74 Å². The Kier molecular flexibility index (Phi) is 3.72. The Hall–Kier alpha value is -0.920. The van der Waals surface area contributed by atoms with Crippen LogP contribution in [0.3, 0.4) is 0 Å². The average Bonchev–Trinajstić information content (AvgIpc) is 3.27. The largest absolute Gasteiger partial charge is 0.460 e. The van der Waals surface area contributed by atoms with Crippen LogP contribution in [0.1, 0.15) is 37.3 Å². The third-order valence-electron chi connectivity index (χ3n) is 3.82. The number of nitrogens with zero attached hydrogens (tertiary/aromatic N) is 3. The summed E-state index contributed by atoms with van der Waals surface area (Å²) in [6.07, 6.45) is 6.47. The molecule has 0 spiro atoms. The molecule has 0 amide bonds. The summed E-state index contributed by atoms with van der Waals surface area (Å²) in [6.45, 7) is 1.52. The molecule has 1 aliphatic heterocycles. The first-order valence-corrected chi connectivity index (χ1v) is 9.34. The standard InChI is InChI=1S/C14H17N3O2S2/c1-20-14-17-12-11(21-14)10(8-2-3-8)15-13(16-12)19-9-4-6-18-7-5-9/h8-9H,2-7H2,1H3. The van der Waals surface area contributed by atoms with E-state index < -0.39 is 0 Å². The molecule has 0 radical (unpaired) electrons. The molecule has 7 heteroatoms. The van der Waals surface area contributed by atoms with E-state index in [-0.39, 0.29) is 6.10 Å². The topological polar surface area (TPSA) is 57.1 Å². The fourth-order valence-corrected chi connectivity index (χ4v) is 4.09. The van der Waals surface area contributed by atoms with Gasteiger partial charge in [0.15, 0.2) is 9.99 Å². The van der Waals surface area contributed by atoms with Crippen molar-refractivity contribution in [3.8, 4) is 6.01 Å². The van der Waals surface area contributed by atoms with E-state index in [9.17, 15) is 0 Å². The second kappa shape index (κ2) is 5.70. The highest BCUT2D eigenvalue weighted by Gasteiger charge is 2.30. The van der Waals surface area contributed by atoms with Crippen molar-refractivity contribution in [1.82, 2.24) is 15.0 Å². The molecule has 5 nitrogen and oxygen atoms in total. The normalized spacial score (nSPS) is 20.0. The number of thiazole rings is 1. The summed E-state index contributed by atoms with van der Waals surface area (Å²) in [4.78, 5) is 13.8. The summed E-state index contributed by atoms with van der Waals surface area (Å²) in [5.74, 6) is 0.572. The lowest BCUT2D eigenvalue weighted by molar-refractivity contribution is 0.0218. The molecular formula is C14H17N3O2S2. The lowest BCUT2D eigenvalue weighted by atomic mass is 10.2. The van der Waals surface area contributed by atoms with E-state index in [2.05, 4.69) is 9.97 Å². The van der Waals surface area contributed by atoms with Crippen LogP contribution >= 0.6 is 23.1 Å². The number of ether oxygens (including phenoxy) is 2. The van der Waals surface area contributed by atoms with Crippen LogP contribution in [0.4, 0.5) is 0 Å². The molecule has 2 aliphatic rings. The molecule has 0 atom stereocenters. The maximum absolute atomic E-state index is 5.98. The van der Waals surface area contributed by atoms with E-state index >= 15 is 0 Å². The molecule has 4 rings (SSSR count). The minimum atomic E-state index is 0.168. The Labute approximate surface area is 131 Å². The van der Waals surface area contributed by atoms with E-state index in [1.54, 1.807) is 23.1 Å². The van der Waals surface area contributed by atoms with Crippen molar-refractivity contribution < 1.29 is 9.47 Å². The van der Waals surface area contributed by atoms with Gasteiger partial charge in [0.1, 0.15) is 6.10 Å². The van der Waals surface area contributed by atoms with E-state index in [1.807, 2.05) is 6.26 Å². The first-order chi connectivity index (χ1) is 10.3. The third-order valence-corrected chi connectivity index (χ3v) is 5.87. The Morgan fingerprint density at radius 3 is 2.67 bits per heavy atom. The summed E-state index contributed by atoms with van der Waals surface area (Å²) in [7, 11) is 0. The van der Waals surface area contributed by atoms with Crippen molar-refractivity contribution in [3.63, 3.8) is 0 Å². The van der Waals surface area contributed by atoms with Crippen LogP contribution in [0.2, 0.25) is 0 Å². The summed E-state index contributed by atoms with van der Waals surface area (Å²) < 4.78 is 13.5. The van der Waals surface area contributed by atoms with Crippen molar-refractivity contribution in [2.75, 3.05) is 19.5 Å². The van der Waals surface area contributed by atoms with Crippen LogP contribution in [0.25, 0.3) is 10.3 Å². The lowest BCUT2D eigenvalue weighted by Gasteiger charge is -2.22. The predicted molar refractivity (Wildman–Crippen MR) is 83.4 cm³/mol. The number of fused-ring (bicyclic) bond motifs is 1. The van der Waals surface area contributed by atoms with Gasteiger partial charge in [-0.25, -0.2) is 4.98 Å². The maximum atomic E-state index is 5.98. The zero-order chi connectivity index (χ0) is 14.2. The number of hydrogen-bond donors (Lipinski definition) is 0. The van der Waals surface area contributed by atoms with Gasteiger partial charge in [-0.05, 0) is 19.1 Å². The fraction of sp³-hybridized carbons (Fsp3) is 0.643. The van der Waals surface area contributed by atoms with Gasteiger partial charge in [-0.2, -0.15) is 9.97 Å². The molecule has 3 heterocycles. The van der Waals surface area contributed by atoms with Crippen molar-refractivity contribution in [2.45, 2.75) is 42.0 Å². The molecule has 1 saturated heterocycles. The molecule has 2 aromatic heterocycles. The number of rotatable bonds is 4. The zero-order valence-electron chi connectivity index (χ0n) is 11.9. The van der Waals surface area contributed by atoms with Gasteiger partial charge in [0, 0.05) is 18.8 Å². The minimum Gasteiger partial charge on any atom is -0.460 e. The van der Waals surface area contributed by atoms with Gasteiger partial charge in [-0.1, -0.05) is 11.8 Å². The van der Waals surface area contributed by atoms with Gasteiger partial charge in [0.05, 0.1) is 23.6 Å². The quantitative estimate of drug-likeness (QED) is 0.805. The summed E-state index contributed by atoms with van der Waals surface area (Å²) in [5.41, 5.74) is 1.93. The molecule has 0 bridgehead atoms. The molecule has 0 aromatic carbocycles. The van der Waals surface area contributed by atoms with Crippen LogP contribution in [-0.4, -0.2) is 40.5 Å². The van der Waals surface area contributed by atoms with E-state index in [0.29, 0.717) is 11.9 Å². The second-order valence-corrected chi connectivity index (χ2v) is 7.48. The Morgan fingerprint density at radius 1 is 1.14 bits per heavy atom. The highest BCUT2D eigenvalue weighted by Crippen LogP contribution is 2.44. The molecule has 0 N–H and O–H groups in total. The molecule has 2 fully saturated rings. The third kappa shape index (κ3) is 2.86. The maximum Gasteiger partial charge on any atom is 0.319 e. The highest BCUT2D eigenvalue weighted by molar-refractivity contribution is 8.00. The van der Waals surface area contributed by atoms with Crippen molar-refractivity contribution in [1.29, 1.82) is 0 Å². The first kappa shape index (κ1) is 13.7. The Morgan fingerprint density at radius 2 is 1.95 bits per heavy atom. The smallest absolute Gasteiger partial charge is 0.319 e. The number of hydrogen-bond acceptors (Lipinski definition) is 7. The van der Waals surface area contributed by atoms with Crippen LogP contribution in [0.5, 0.6) is 6.01 Å². The Balaban J connectivity index is 1.68. The average molecular weight is 323 g/mol. The second-order valence-electron chi connectivity index (χ2n) is 5.43. The zero-order valence-corrected chi connectivity index (χ0v) is 13.5. The van der Waals surface area contributed by atoms with Gasteiger partial charge in [-0.15, -0.1) is 11.3 Å². The van der Waals surface area contributed by atoms with E-state index in [1.165, 1.54) is 12.8 Å². The molecule has 21 heavy (non-hydrogen) atoms. The fourth-order valence-electron chi connectivity index (χ4n) is 2.52. The lowest BCUT2D eigenvalue weighted by Crippen LogP contribution is -2.26. The monoisotopic (exact) mass is 323 g/mol. The van der Waals surface area contributed by atoms with Gasteiger partial charge in [0.25, 0.3) is 0 Å². The first-order valence-electron chi connectivity index (χ1n) is 7.30. The summed E-state index contributed by atoms with van der Waals surface area (Å²) in [6, 6.07) is 0.495. The molecule has 112 valence electrons. The predicted octanol–water partition coefficient (Wildman–Crippen LogP) is 3.24. The van der Waals surface area contributed by atoms with Crippen molar-refractivity contribution >= 4 is 33.4 Å².